The van der Waals surface area contributed by atoms with E-state index in [9.17, 15) is 0 Å². The van der Waals surface area contributed by atoms with Crippen molar-refractivity contribution < 1.29 is 9.47 Å². The van der Waals surface area contributed by atoms with Gasteiger partial charge in [0.1, 0.15) is 16.9 Å². The van der Waals surface area contributed by atoms with Gasteiger partial charge in [-0.2, -0.15) is 0 Å². The Bertz CT molecular complexity index is 944. The normalized spacial score (nSPS) is 26.8. The highest BCUT2D eigenvalue weighted by molar-refractivity contribution is 8.14. The van der Waals surface area contributed by atoms with Crippen LogP contribution in [0.5, 0.6) is 5.75 Å². The average Bonchev–Trinajstić information content (AvgIpc) is 3.05. The fourth-order valence-electron chi connectivity index (χ4n) is 4.70. The molecule has 3 aliphatic rings. The molecule has 1 aromatic carbocycles. The van der Waals surface area contributed by atoms with Gasteiger partial charge in [-0.25, -0.2) is 4.99 Å². The number of nitrogens with zero attached hydrogens (tertiary/aromatic N) is 2. The second-order valence-electron chi connectivity index (χ2n) is 8.69. The molecule has 5 nitrogen and oxygen atoms in total. The van der Waals surface area contributed by atoms with Crippen LogP contribution in [0.2, 0.25) is 0 Å². The van der Waals surface area contributed by atoms with Crippen molar-refractivity contribution in [3.8, 4) is 5.75 Å². The quantitative estimate of drug-likeness (QED) is 0.680. The van der Waals surface area contributed by atoms with E-state index in [0.29, 0.717) is 18.4 Å². The molecule has 3 heterocycles. The summed E-state index contributed by atoms with van der Waals surface area (Å²) in [7, 11) is 0. The van der Waals surface area contributed by atoms with Crippen molar-refractivity contribution in [2.24, 2.45) is 21.1 Å². The van der Waals surface area contributed by atoms with Gasteiger partial charge >= 0.3 is 0 Å². The van der Waals surface area contributed by atoms with Gasteiger partial charge in [-0.1, -0.05) is 43.3 Å². The van der Waals surface area contributed by atoms with Gasteiger partial charge in [0.15, 0.2) is 5.17 Å². The third-order valence-corrected chi connectivity index (χ3v) is 7.62. The summed E-state index contributed by atoms with van der Waals surface area (Å²) < 4.78 is 12.3. The number of benzene rings is 1. The Morgan fingerprint density at radius 3 is 2.73 bits per heavy atom. The number of rotatable bonds is 5. The van der Waals surface area contributed by atoms with E-state index in [1.807, 2.05) is 19.3 Å². The van der Waals surface area contributed by atoms with Gasteiger partial charge in [0.2, 0.25) is 0 Å². The molecule has 0 saturated carbocycles. The highest BCUT2D eigenvalue weighted by atomic mass is 32.2. The predicted octanol–water partition coefficient (Wildman–Crippen LogP) is 4.92. The molecule has 0 bridgehead atoms. The first-order chi connectivity index (χ1) is 14.4. The zero-order valence-electron chi connectivity index (χ0n) is 18.3. The minimum absolute atomic E-state index is 0.229. The highest BCUT2D eigenvalue weighted by Crippen LogP contribution is 2.63. The average molecular weight is 426 g/mol. The molecular formula is C24H31N3O2S. The topological polar surface area (TPSA) is 69.2 Å². The molecule has 1 saturated heterocycles. The van der Waals surface area contributed by atoms with E-state index in [1.54, 1.807) is 11.8 Å². The fourth-order valence-corrected chi connectivity index (χ4v) is 5.77. The number of hydrogen-bond acceptors (Lipinski definition) is 6. The smallest absolute Gasteiger partial charge is 0.154 e. The van der Waals surface area contributed by atoms with Gasteiger partial charge in [0, 0.05) is 23.7 Å². The van der Waals surface area contributed by atoms with Crippen LogP contribution in [0.25, 0.3) is 5.57 Å². The number of allylic oxidation sites excluding steroid dienone is 3. The van der Waals surface area contributed by atoms with Crippen LogP contribution < -0.4 is 10.5 Å². The van der Waals surface area contributed by atoms with Crippen LogP contribution in [0, 0.1) is 5.41 Å². The molecule has 3 aliphatic heterocycles. The van der Waals surface area contributed by atoms with Crippen molar-refractivity contribution in [1.82, 2.24) is 0 Å². The van der Waals surface area contributed by atoms with Crippen LogP contribution in [-0.4, -0.2) is 35.9 Å². The second kappa shape index (κ2) is 7.89. The number of ether oxygens (including phenoxy) is 2. The Kier molecular flexibility index (Phi) is 5.58. The molecule has 2 spiro atoms. The summed E-state index contributed by atoms with van der Waals surface area (Å²) in [5, 5.41) is 0.643. The number of amidine groups is 1. The van der Waals surface area contributed by atoms with Crippen molar-refractivity contribution in [3.63, 3.8) is 0 Å². The van der Waals surface area contributed by atoms with Gasteiger partial charge in [-0.15, -0.1) is 0 Å². The number of fused-ring (bicyclic) bond motifs is 3. The summed E-state index contributed by atoms with van der Waals surface area (Å²) in [4.78, 5) is 9.52. The second-order valence-corrected chi connectivity index (χ2v) is 9.69. The van der Waals surface area contributed by atoms with Crippen LogP contribution in [0.15, 0.2) is 46.5 Å². The maximum atomic E-state index is 6.53. The Labute approximate surface area is 183 Å². The fraction of sp³-hybridized carbons (Fsp3) is 0.500. The Hall–Kier alpha value is -2.05. The van der Waals surface area contributed by atoms with Crippen molar-refractivity contribution in [2.75, 3.05) is 19.0 Å². The summed E-state index contributed by atoms with van der Waals surface area (Å²) >= 11 is 1.63. The minimum atomic E-state index is -0.440. The molecule has 2 N–H and O–H groups in total. The lowest BCUT2D eigenvalue weighted by molar-refractivity contribution is -0.240. The molecule has 1 unspecified atom stereocenters. The maximum absolute atomic E-state index is 6.53. The molecule has 0 radical (unpaired) electrons. The Morgan fingerprint density at radius 2 is 2.13 bits per heavy atom. The standard InChI is InChI=1S/C24H31N3O2S/c1-5-7-8-11-26-13-17(6-2)18-9-10-20-19(12-18)24(16-30-21(25)27-24)23(14-28-15-23)22(3,4)29-20/h6,8-13H,5,7,14-16H2,1-4H3,(H2,25,27)/b11-8+,17-6+,26-13+. The predicted molar refractivity (Wildman–Crippen MR) is 126 cm³/mol. The number of nitrogens with two attached hydrogens (primary N) is 1. The number of unbranched alkanes of at least 4 members (excludes halogenated alkanes) is 1. The highest BCUT2D eigenvalue weighted by Gasteiger charge is 2.70. The summed E-state index contributed by atoms with van der Waals surface area (Å²) in [6, 6.07) is 6.38. The lowest BCUT2D eigenvalue weighted by Gasteiger charge is -2.62. The maximum Gasteiger partial charge on any atom is 0.154 e. The first kappa shape index (κ1) is 21.2. The lowest BCUT2D eigenvalue weighted by Crippen LogP contribution is -2.71. The molecule has 0 aliphatic carbocycles. The van der Waals surface area contributed by atoms with E-state index < -0.39 is 11.1 Å². The van der Waals surface area contributed by atoms with Gasteiger partial charge in [-0.3, -0.25) is 4.99 Å². The monoisotopic (exact) mass is 425 g/mol. The van der Waals surface area contributed by atoms with Gasteiger partial charge in [-0.05, 0) is 50.5 Å². The van der Waals surface area contributed by atoms with E-state index >= 15 is 0 Å². The summed E-state index contributed by atoms with van der Waals surface area (Å²) in [6.45, 7) is 9.75. The number of hydrogen-bond donors (Lipinski definition) is 1. The van der Waals surface area contributed by atoms with Crippen molar-refractivity contribution in [1.29, 1.82) is 0 Å². The van der Waals surface area contributed by atoms with E-state index in [1.165, 1.54) is 0 Å². The molecule has 1 fully saturated rings. The first-order valence-corrected chi connectivity index (χ1v) is 11.6. The van der Waals surface area contributed by atoms with Crippen LogP contribution in [0.4, 0.5) is 0 Å². The number of thioether (sulfide) groups is 1. The van der Waals surface area contributed by atoms with Crippen molar-refractivity contribution >= 4 is 28.7 Å². The molecule has 0 amide bonds. The largest absolute Gasteiger partial charge is 0.487 e. The van der Waals surface area contributed by atoms with Gasteiger partial charge in [0.25, 0.3) is 0 Å². The Balaban J connectivity index is 1.78. The Morgan fingerprint density at radius 1 is 1.33 bits per heavy atom. The van der Waals surface area contributed by atoms with E-state index in [-0.39, 0.29) is 5.41 Å². The molecule has 1 aromatic rings. The zero-order valence-corrected chi connectivity index (χ0v) is 19.1. The molecule has 6 heteroatoms. The zero-order chi connectivity index (χ0) is 21.4. The summed E-state index contributed by atoms with van der Waals surface area (Å²) in [5.74, 6) is 1.69. The van der Waals surface area contributed by atoms with Crippen molar-refractivity contribution in [3.05, 3.63) is 47.7 Å². The molecule has 0 aromatic heterocycles. The third-order valence-electron chi connectivity index (χ3n) is 6.67. The molecule has 160 valence electrons. The van der Waals surface area contributed by atoms with E-state index in [4.69, 9.17) is 20.2 Å². The van der Waals surface area contributed by atoms with Gasteiger partial charge < -0.3 is 15.2 Å². The summed E-state index contributed by atoms with van der Waals surface area (Å²) in [5.41, 5.74) is 8.41. The van der Waals surface area contributed by atoms with Crippen molar-refractivity contribution in [2.45, 2.75) is 51.7 Å². The molecular weight excluding hydrogens is 394 g/mol. The van der Waals surface area contributed by atoms with Crippen LogP contribution in [0.3, 0.4) is 0 Å². The SMILES string of the molecule is C\C=C(/C=N/C=C/CCC)c1ccc2c(c1)C1(CSC(N)=N1)C1(COC1)C(C)(C)O2. The summed E-state index contributed by atoms with van der Waals surface area (Å²) in [6.07, 6.45) is 10.1. The van der Waals surface area contributed by atoms with Gasteiger partial charge in [0.05, 0.1) is 18.6 Å². The lowest BCUT2D eigenvalue weighted by atomic mass is 9.56. The minimum Gasteiger partial charge on any atom is -0.487 e. The molecule has 4 rings (SSSR count). The van der Waals surface area contributed by atoms with E-state index in [0.717, 1.165) is 41.0 Å². The van der Waals surface area contributed by atoms with E-state index in [2.05, 4.69) is 56.1 Å². The molecule has 1 atom stereocenters. The van der Waals surface area contributed by atoms with Crippen LogP contribution >= 0.6 is 11.8 Å². The van der Waals surface area contributed by atoms with Crippen LogP contribution in [-0.2, 0) is 10.3 Å². The first-order valence-electron chi connectivity index (χ1n) is 10.6. The third kappa shape index (κ3) is 3.12. The number of aliphatic imine (C=N–C) groups is 2. The van der Waals surface area contributed by atoms with Crippen LogP contribution in [0.1, 0.15) is 51.7 Å². The molecule has 30 heavy (non-hydrogen) atoms.